The summed E-state index contributed by atoms with van der Waals surface area (Å²) >= 11 is 1.86. The number of ether oxygens (including phenoxy) is 1. The molecule has 0 saturated carbocycles. The van der Waals surface area contributed by atoms with Crippen molar-refractivity contribution < 1.29 is 9.53 Å². The Hall–Kier alpha value is -1.36. The van der Waals surface area contributed by atoms with E-state index in [2.05, 4.69) is 5.32 Å². The molecule has 0 spiro atoms. The van der Waals surface area contributed by atoms with Crippen LogP contribution in [0.15, 0.2) is 24.3 Å². The number of rotatable bonds is 4. The van der Waals surface area contributed by atoms with Crippen LogP contribution in [-0.4, -0.2) is 30.1 Å². The molecule has 0 radical (unpaired) electrons. The molecule has 0 atom stereocenters. The molecule has 1 aliphatic rings. The van der Waals surface area contributed by atoms with Gasteiger partial charge in [-0.25, -0.2) is 0 Å². The van der Waals surface area contributed by atoms with Gasteiger partial charge < -0.3 is 15.8 Å². The molecule has 2 rings (SSSR count). The van der Waals surface area contributed by atoms with Crippen LogP contribution < -0.4 is 15.8 Å². The smallest absolute Gasteiger partial charge is 0.243 e. The second-order valence-corrected chi connectivity index (χ2v) is 5.64. The summed E-state index contributed by atoms with van der Waals surface area (Å²) in [4.78, 5) is 11.7. The minimum atomic E-state index is -0.597. The third-order valence-electron chi connectivity index (χ3n) is 3.29. The predicted molar refractivity (Wildman–Crippen MR) is 75.1 cm³/mol. The Bertz CT molecular complexity index is 414. The first kappa shape index (κ1) is 13.1. The van der Waals surface area contributed by atoms with Crippen LogP contribution in [0.4, 0.5) is 5.69 Å². The zero-order valence-electron chi connectivity index (χ0n) is 10.4. The van der Waals surface area contributed by atoms with Crippen LogP contribution in [0.25, 0.3) is 0 Å². The Morgan fingerprint density at radius 2 is 1.94 bits per heavy atom. The largest absolute Gasteiger partial charge is 0.497 e. The third kappa shape index (κ3) is 2.72. The lowest BCUT2D eigenvalue weighted by atomic mass is 9.91. The molecule has 98 valence electrons. The molecule has 18 heavy (non-hydrogen) atoms. The molecule has 1 heterocycles. The van der Waals surface area contributed by atoms with Gasteiger partial charge >= 0.3 is 0 Å². The molecular formula is C13H18N2O2S. The predicted octanol–water partition coefficient (Wildman–Crippen LogP) is 1.86. The van der Waals surface area contributed by atoms with E-state index in [4.69, 9.17) is 10.5 Å². The van der Waals surface area contributed by atoms with Crippen molar-refractivity contribution in [3.05, 3.63) is 24.3 Å². The SMILES string of the molecule is COc1ccc(NC2(C(N)=O)CCSCC2)cc1. The summed E-state index contributed by atoms with van der Waals surface area (Å²) in [5, 5.41) is 3.30. The molecule has 1 aromatic carbocycles. The minimum Gasteiger partial charge on any atom is -0.497 e. The average molecular weight is 266 g/mol. The maximum absolute atomic E-state index is 11.7. The quantitative estimate of drug-likeness (QED) is 0.873. The molecule has 3 N–H and O–H groups in total. The fourth-order valence-electron chi connectivity index (χ4n) is 2.10. The van der Waals surface area contributed by atoms with Gasteiger partial charge in [-0.15, -0.1) is 0 Å². The van der Waals surface area contributed by atoms with E-state index in [1.807, 2.05) is 36.0 Å². The Morgan fingerprint density at radius 3 is 2.44 bits per heavy atom. The van der Waals surface area contributed by atoms with E-state index >= 15 is 0 Å². The fourth-order valence-corrected chi connectivity index (χ4v) is 3.29. The van der Waals surface area contributed by atoms with Gasteiger partial charge in [-0.2, -0.15) is 11.8 Å². The molecule has 0 unspecified atom stereocenters. The lowest BCUT2D eigenvalue weighted by Gasteiger charge is -2.35. The number of methoxy groups -OCH3 is 1. The minimum absolute atomic E-state index is 0.265. The highest BCUT2D eigenvalue weighted by molar-refractivity contribution is 7.99. The van der Waals surface area contributed by atoms with Crippen LogP contribution >= 0.6 is 11.8 Å². The molecule has 0 aromatic heterocycles. The van der Waals surface area contributed by atoms with Crippen LogP contribution in [0.3, 0.4) is 0 Å². The number of nitrogens with two attached hydrogens (primary N) is 1. The maximum Gasteiger partial charge on any atom is 0.243 e. The summed E-state index contributed by atoms with van der Waals surface area (Å²) in [5.74, 6) is 2.46. The maximum atomic E-state index is 11.7. The molecule has 0 bridgehead atoms. The highest BCUT2D eigenvalue weighted by Gasteiger charge is 2.37. The van der Waals surface area contributed by atoms with Gasteiger partial charge in [0.2, 0.25) is 5.91 Å². The summed E-state index contributed by atoms with van der Waals surface area (Å²) in [6.07, 6.45) is 1.55. The second kappa shape index (κ2) is 5.52. The van der Waals surface area contributed by atoms with E-state index in [9.17, 15) is 4.79 Å². The van der Waals surface area contributed by atoms with Crippen molar-refractivity contribution in [2.75, 3.05) is 23.9 Å². The van der Waals surface area contributed by atoms with Crippen LogP contribution in [0.5, 0.6) is 5.75 Å². The topological polar surface area (TPSA) is 64.3 Å². The van der Waals surface area contributed by atoms with Crippen molar-refractivity contribution >= 4 is 23.4 Å². The van der Waals surface area contributed by atoms with E-state index in [0.29, 0.717) is 0 Å². The highest BCUT2D eigenvalue weighted by Crippen LogP contribution is 2.31. The Morgan fingerprint density at radius 1 is 1.33 bits per heavy atom. The first-order valence-electron chi connectivity index (χ1n) is 5.96. The second-order valence-electron chi connectivity index (χ2n) is 4.41. The van der Waals surface area contributed by atoms with Gasteiger partial charge in [-0.3, -0.25) is 4.79 Å². The van der Waals surface area contributed by atoms with Crippen molar-refractivity contribution in [3.8, 4) is 5.75 Å². The number of carbonyl (C=O) groups is 1. The number of amides is 1. The molecule has 4 nitrogen and oxygen atoms in total. The summed E-state index contributed by atoms with van der Waals surface area (Å²) in [7, 11) is 1.63. The van der Waals surface area contributed by atoms with Crippen LogP contribution in [0, 0.1) is 0 Å². The van der Waals surface area contributed by atoms with E-state index in [1.54, 1.807) is 7.11 Å². The van der Waals surface area contributed by atoms with E-state index in [-0.39, 0.29) is 5.91 Å². The average Bonchev–Trinajstić information content (AvgIpc) is 2.40. The molecule has 1 aromatic rings. The molecule has 1 fully saturated rings. The van der Waals surface area contributed by atoms with Crippen molar-refractivity contribution in [2.45, 2.75) is 18.4 Å². The monoisotopic (exact) mass is 266 g/mol. The lowest BCUT2D eigenvalue weighted by Crippen LogP contribution is -2.52. The molecule has 0 aliphatic carbocycles. The summed E-state index contributed by atoms with van der Waals surface area (Å²) in [6.45, 7) is 0. The summed E-state index contributed by atoms with van der Waals surface area (Å²) < 4.78 is 5.11. The van der Waals surface area contributed by atoms with E-state index < -0.39 is 5.54 Å². The van der Waals surface area contributed by atoms with Gasteiger partial charge in [0.05, 0.1) is 7.11 Å². The van der Waals surface area contributed by atoms with E-state index in [0.717, 1.165) is 35.8 Å². The highest BCUT2D eigenvalue weighted by atomic mass is 32.2. The number of nitrogens with one attached hydrogen (secondary N) is 1. The lowest BCUT2D eigenvalue weighted by molar-refractivity contribution is -0.122. The van der Waals surface area contributed by atoms with Gasteiger partial charge in [0.25, 0.3) is 0 Å². The number of hydrogen-bond acceptors (Lipinski definition) is 4. The van der Waals surface area contributed by atoms with Crippen LogP contribution in [-0.2, 0) is 4.79 Å². The first-order chi connectivity index (χ1) is 8.66. The molecule has 1 saturated heterocycles. The standard InChI is InChI=1S/C13H18N2O2S/c1-17-11-4-2-10(3-5-11)15-13(12(14)16)6-8-18-9-7-13/h2-5,15H,6-9H2,1H3,(H2,14,16). The van der Waals surface area contributed by atoms with Crippen LogP contribution in [0.1, 0.15) is 12.8 Å². The van der Waals surface area contributed by atoms with Gasteiger partial charge in [0, 0.05) is 5.69 Å². The van der Waals surface area contributed by atoms with Crippen molar-refractivity contribution in [2.24, 2.45) is 5.73 Å². The molecule has 5 heteroatoms. The number of primary amides is 1. The Balaban J connectivity index is 2.15. The van der Waals surface area contributed by atoms with Gasteiger partial charge in [0.1, 0.15) is 11.3 Å². The summed E-state index contributed by atoms with van der Waals surface area (Å²) in [5.41, 5.74) is 5.88. The fraction of sp³-hybridized carbons (Fsp3) is 0.462. The number of carbonyl (C=O) groups excluding carboxylic acids is 1. The molecule has 1 amide bonds. The van der Waals surface area contributed by atoms with Gasteiger partial charge in [0.15, 0.2) is 0 Å². The zero-order chi connectivity index (χ0) is 13.0. The first-order valence-corrected chi connectivity index (χ1v) is 7.12. The van der Waals surface area contributed by atoms with Crippen molar-refractivity contribution in [3.63, 3.8) is 0 Å². The number of anilines is 1. The Labute approximate surface area is 111 Å². The van der Waals surface area contributed by atoms with Gasteiger partial charge in [-0.05, 0) is 48.6 Å². The number of benzene rings is 1. The molecular weight excluding hydrogens is 248 g/mol. The molecule has 1 aliphatic heterocycles. The van der Waals surface area contributed by atoms with Crippen molar-refractivity contribution in [1.29, 1.82) is 0 Å². The van der Waals surface area contributed by atoms with Crippen molar-refractivity contribution in [1.82, 2.24) is 0 Å². The number of hydrogen-bond donors (Lipinski definition) is 2. The third-order valence-corrected chi connectivity index (χ3v) is 4.28. The van der Waals surface area contributed by atoms with E-state index in [1.165, 1.54) is 0 Å². The van der Waals surface area contributed by atoms with Crippen LogP contribution in [0.2, 0.25) is 0 Å². The Kier molecular flexibility index (Phi) is 4.01. The van der Waals surface area contributed by atoms with Gasteiger partial charge in [-0.1, -0.05) is 0 Å². The number of thioether (sulfide) groups is 1. The summed E-state index contributed by atoms with van der Waals surface area (Å²) in [6, 6.07) is 7.56. The zero-order valence-corrected chi connectivity index (χ0v) is 11.3. The normalized spacial score (nSPS) is 18.1.